The van der Waals surface area contributed by atoms with Crippen molar-refractivity contribution in [2.24, 2.45) is 0 Å². The van der Waals surface area contributed by atoms with Crippen LogP contribution in [0.15, 0.2) is 12.3 Å². The zero-order chi connectivity index (χ0) is 13.7. The smallest absolute Gasteiger partial charge is 0.355 e. The van der Waals surface area contributed by atoms with E-state index in [0.29, 0.717) is 24.0 Å². The van der Waals surface area contributed by atoms with Crippen molar-refractivity contribution in [2.75, 3.05) is 12.3 Å². The number of esters is 1. The molecule has 1 aliphatic carbocycles. The van der Waals surface area contributed by atoms with Gasteiger partial charge in [-0.15, -0.1) is 0 Å². The van der Waals surface area contributed by atoms with Gasteiger partial charge in [0, 0.05) is 12.2 Å². The first-order valence-electron chi connectivity index (χ1n) is 7.37. The van der Waals surface area contributed by atoms with Crippen molar-refractivity contribution in [1.29, 1.82) is 0 Å². The van der Waals surface area contributed by atoms with Gasteiger partial charge in [0.2, 0.25) is 0 Å². The van der Waals surface area contributed by atoms with E-state index < -0.39 is 0 Å². The van der Waals surface area contributed by atoms with Gasteiger partial charge in [0.05, 0.1) is 12.3 Å². The van der Waals surface area contributed by atoms with Gasteiger partial charge in [0.25, 0.3) is 0 Å². The number of hydrogen-bond donors (Lipinski definition) is 1. The SMILES string of the molecule is CCCCCCCOC(=O)c1cc(N)cn1C1CC1. The summed E-state index contributed by atoms with van der Waals surface area (Å²) in [6, 6.07) is 2.17. The number of nitrogens with two attached hydrogens (primary N) is 1. The molecule has 0 amide bonds. The number of carbonyl (C=O) groups excluding carboxylic acids is 1. The molecule has 1 aliphatic rings. The van der Waals surface area contributed by atoms with Gasteiger partial charge in [-0.25, -0.2) is 4.79 Å². The Morgan fingerprint density at radius 3 is 2.79 bits per heavy atom. The Labute approximate surface area is 114 Å². The van der Waals surface area contributed by atoms with Gasteiger partial charge in [-0.05, 0) is 25.3 Å². The Morgan fingerprint density at radius 2 is 2.11 bits per heavy atom. The fourth-order valence-electron chi connectivity index (χ4n) is 2.26. The highest BCUT2D eigenvalue weighted by Crippen LogP contribution is 2.37. The molecule has 19 heavy (non-hydrogen) atoms. The number of rotatable bonds is 8. The van der Waals surface area contributed by atoms with Crippen molar-refractivity contribution in [3.05, 3.63) is 18.0 Å². The third-order valence-electron chi connectivity index (χ3n) is 3.50. The summed E-state index contributed by atoms with van der Waals surface area (Å²) in [6.45, 7) is 2.70. The van der Waals surface area contributed by atoms with E-state index in [0.717, 1.165) is 25.7 Å². The molecule has 1 fully saturated rings. The molecule has 0 atom stereocenters. The number of anilines is 1. The first-order chi connectivity index (χ1) is 9.22. The van der Waals surface area contributed by atoms with Crippen LogP contribution in [0.3, 0.4) is 0 Å². The lowest BCUT2D eigenvalue weighted by Gasteiger charge is -2.07. The van der Waals surface area contributed by atoms with E-state index in [4.69, 9.17) is 10.5 Å². The van der Waals surface area contributed by atoms with Crippen molar-refractivity contribution in [1.82, 2.24) is 4.57 Å². The molecule has 106 valence electrons. The first kappa shape index (κ1) is 14.0. The van der Waals surface area contributed by atoms with Crippen LogP contribution in [0, 0.1) is 0 Å². The summed E-state index contributed by atoms with van der Waals surface area (Å²) in [7, 11) is 0. The Kier molecular flexibility index (Phi) is 4.88. The lowest BCUT2D eigenvalue weighted by Crippen LogP contribution is -2.11. The quantitative estimate of drug-likeness (QED) is 0.577. The Bertz CT molecular complexity index is 422. The summed E-state index contributed by atoms with van der Waals surface area (Å²) >= 11 is 0. The lowest BCUT2D eigenvalue weighted by atomic mass is 10.2. The number of aromatic nitrogens is 1. The first-order valence-corrected chi connectivity index (χ1v) is 7.37. The average molecular weight is 264 g/mol. The topological polar surface area (TPSA) is 57.2 Å². The second-order valence-electron chi connectivity index (χ2n) is 5.35. The predicted molar refractivity (Wildman–Crippen MR) is 76.2 cm³/mol. The fraction of sp³-hybridized carbons (Fsp3) is 0.667. The minimum atomic E-state index is -0.237. The van der Waals surface area contributed by atoms with Crippen LogP contribution in [0.1, 0.15) is 68.4 Å². The van der Waals surface area contributed by atoms with E-state index in [9.17, 15) is 4.79 Å². The monoisotopic (exact) mass is 264 g/mol. The molecule has 4 nitrogen and oxygen atoms in total. The molecule has 1 aromatic heterocycles. The average Bonchev–Trinajstić information content (AvgIpc) is 3.16. The standard InChI is InChI=1S/C15H24N2O2/c1-2-3-4-5-6-9-19-15(18)14-10-12(16)11-17(14)13-7-8-13/h10-11,13H,2-9,16H2,1H3. The number of carbonyl (C=O) groups is 1. The van der Waals surface area contributed by atoms with Crippen LogP contribution in [-0.2, 0) is 4.74 Å². The molecule has 0 spiro atoms. The zero-order valence-electron chi connectivity index (χ0n) is 11.7. The maximum absolute atomic E-state index is 12.0. The summed E-state index contributed by atoms with van der Waals surface area (Å²) in [5.41, 5.74) is 7.01. The van der Waals surface area contributed by atoms with Crippen LogP contribution in [0.2, 0.25) is 0 Å². The number of hydrogen-bond acceptors (Lipinski definition) is 3. The molecule has 1 heterocycles. The van der Waals surface area contributed by atoms with Crippen LogP contribution >= 0.6 is 0 Å². The van der Waals surface area contributed by atoms with Crippen LogP contribution in [-0.4, -0.2) is 17.1 Å². The molecule has 2 rings (SSSR count). The second kappa shape index (κ2) is 6.64. The maximum atomic E-state index is 12.0. The predicted octanol–water partition coefficient (Wildman–Crippen LogP) is 3.53. The summed E-state index contributed by atoms with van der Waals surface area (Å²) in [6.07, 6.45) is 9.90. The molecular weight excluding hydrogens is 240 g/mol. The van der Waals surface area contributed by atoms with Gasteiger partial charge in [0.15, 0.2) is 0 Å². The lowest BCUT2D eigenvalue weighted by molar-refractivity contribution is 0.0485. The normalized spacial score (nSPS) is 14.6. The van der Waals surface area contributed by atoms with Gasteiger partial charge in [-0.2, -0.15) is 0 Å². The molecular formula is C15H24N2O2. The van der Waals surface area contributed by atoms with Crippen molar-refractivity contribution in [3.63, 3.8) is 0 Å². The highest BCUT2D eigenvalue weighted by atomic mass is 16.5. The molecule has 4 heteroatoms. The number of ether oxygens (including phenoxy) is 1. The second-order valence-corrected chi connectivity index (χ2v) is 5.35. The number of nitrogens with zero attached hydrogens (tertiary/aromatic N) is 1. The summed E-state index contributed by atoms with van der Waals surface area (Å²) in [5, 5.41) is 0. The van der Waals surface area contributed by atoms with E-state index in [1.807, 2.05) is 10.8 Å². The third kappa shape index (κ3) is 4.01. The maximum Gasteiger partial charge on any atom is 0.355 e. The summed E-state index contributed by atoms with van der Waals surface area (Å²) in [4.78, 5) is 12.0. The van der Waals surface area contributed by atoms with E-state index in [-0.39, 0.29) is 5.97 Å². The molecule has 0 saturated heterocycles. The Hall–Kier alpha value is -1.45. The number of nitrogen functional groups attached to an aromatic ring is 1. The van der Waals surface area contributed by atoms with E-state index in [2.05, 4.69) is 6.92 Å². The minimum Gasteiger partial charge on any atom is -0.461 e. The minimum absolute atomic E-state index is 0.237. The van der Waals surface area contributed by atoms with Gasteiger partial charge in [0.1, 0.15) is 5.69 Å². The van der Waals surface area contributed by atoms with E-state index in [1.54, 1.807) is 6.07 Å². The van der Waals surface area contributed by atoms with Crippen molar-refractivity contribution in [2.45, 2.75) is 57.9 Å². The van der Waals surface area contributed by atoms with Crippen molar-refractivity contribution >= 4 is 11.7 Å². The van der Waals surface area contributed by atoms with Crippen LogP contribution < -0.4 is 5.73 Å². The Balaban J connectivity index is 1.76. The molecule has 0 aromatic carbocycles. The van der Waals surface area contributed by atoms with Crippen molar-refractivity contribution in [3.8, 4) is 0 Å². The third-order valence-corrected chi connectivity index (χ3v) is 3.50. The fourth-order valence-corrected chi connectivity index (χ4v) is 2.26. The van der Waals surface area contributed by atoms with Crippen LogP contribution in [0.4, 0.5) is 5.69 Å². The molecule has 0 radical (unpaired) electrons. The van der Waals surface area contributed by atoms with Gasteiger partial charge in [-0.1, -0.05) is 32.6 Å². The van der Waals surface area contributed by atoms with Gasteiger partial charge < -0.3 is 15.0 Å². The zero-order valence-corrected chi connectivity index (χ0v) is 11.7. The highest BCUT2D eigenvalue weighted by Gasteiger charge is 2.28. The van der Waals surface area contributed by atoms with E-state index >= 15 is 0 Å². The molecule has 0 unspecified atom stereocenters. The largest absolute Gasteiger partial charge is 0.461 e. The van der Waals surface area contributed by atoms with Crippen LogP contribution in [0.5, 0.6) is 0 Å². The summed E-state index contributed by atoms with van der Waals surface area (Å²) < 4.78 is 7.29. The van der Waals surface area contributed by atoms with Crippen molar-refractivity contribution < 1.29 is 9.53 Å². The molecule has 0 aliphatic heterocycles. The number of unbranched alkanes of at least 4 members (excludes halogenated alkanes) is 4. The summed E-state index contributed by atoms with van der Waals surface area (Å²) in [5.74, 6) is -0.237. The van der Waals surface area contributed by atoms with Gasteiger partial charge in [-0.3, -0.25) is 0 Å². The van der Waals surface area contributed by atoms with E-state index in [1.165, 1.54) is 19.3 Å². The highest BCUT2D eigenvalue weighted by molar-refractivity contribution is 5.89. The molecule has 1 aromatic rings. The molecule has 0 bridgehead atoms. The molecule has 1 saturated carbocycles. The molecule has 2 N–H and O–H groups in total. The van der Waals surface area contributed by atoms with Gasteiger partial charge >= 0.3 is 5.97 Å². The Morgan fingerprint density at radius 1 is 1.37 bits per heavy atom. The van der Waals surface area contributed by atoms with Crippen LogP contribution in [0.25, 0.3) is 0 Å².